The topological polar surface area (TPSA) is 27.1 Å². The third-order valence-electron chi connectivity index (χ3n) is 4.68. The summed E-state index contributed by atoms with van der Waals surface area (Å²) >= 11 is 0. The molecule has 3 nitrogen and oxygen atoms in total. The molecule has 0 bridgehead atoms. The Bertz CT molecular complexity index is 1090. The van der Waals surface area contributed by atoms with Crippen LogP contribution in [0.3, 0.4) is 0 Å². The first-order chi connectivity index (χ1) is 13.6. The molecule has 0 saturated heterocycles. The maximum atomic E-state index is 13.8. The molecule has 0 aliphatic rings. The molecule has 0 aliphatic heterocycles. The highest BCUT2D eigenvalue weighted by atomic mass is 19.2. The van der Waals surface area contributed by atoms with Crippen molar-refractivity contribution >= 4 is 11.0 Å². The summed E-state index contributed by atoms with van der Waals surface area (Å²) < 4.78 is 35.2. The fraction of sp³-hybridized carbons (Fsp3) is 0.174. The van der Waals surface area contributed by atoms with Gasteiger partial charge in [-0.05, 0) is 24.6 Å². The second-order valence-corrected chi connectivity index (χ2v) is 6.76. The summed E-state index contributed by atoms with van der Waals surface area (Å²) in [6.45, 7) is 2.90. The predicted molar refractivity (Wildman–Crippen MR) is 106 cm³/mol. The van der Waals surface area contributed by atoms with Gasteiger partial charge in [0, 0.05) is 18.6 Å². The van der Waals surface area contributed by atoms with Gasteiger partial charge in [0.05, 0.1) is 17.6 Å². The monoisotopic (exact) mass is 378 g/mol. The molecule has 28 heavy (non-hydrogen) atoms. The molecule has 0 atom stereocenters. The van der Waals surface area contributed by atoms with Gasteiger partial charge in [0.25, 0.3) is 0 Å². The lowest BCUT2D eigenvalue weighted by atomic mass is 10.1. The molecule has 0 aliphatic carbocycles. The SMILES string of the molecule is Cc1ccc(OCCn2c(Cc3ccccc3)nc3cc(F)c(F)cc32)cc1. The number of halogens is 2. The van der Waals surface area contributed by atoms with Crippen LogP contribution in [-0.4, -0.2) is 16.2 Å². The minimum Gasteiger partial charge on any atom is -0.492 e. The lowest BCUT2D eigenvalue weighted by molar-refractivity contribution is 0.298. The van der Waals surface area contributed by atoms with E-state index in [1.54, 1.807) is 0 Å². The van der Waals surface area contributed by atoms with Crippen LogP contribution in [0.15, 0.2) is 66.7 Å². The number of benzene rings is 3. The maximum absolute atomic E-state index is 13.8. The van der Waals surface area contributed by atoms with Gasteiger partial charge in [-0.3, -0.25) is 0 Å². The van der Waals surface area contributed by atoms with Gasteiger partial charge in [-0.2, -0.15) is 0 Å². The molecule has 1 aromatic heterocycles. The van der Waals surface area contributed by atoms with Crippen LogP contribution in [0.4, 0.5) is 8.78 Å². The van der Waals surface area contributed by atoms with E-state index in [1.807, 2.05) is 66.1 Å². The highest BCUT2D eigenvalue weighted by Crippen LogP contribution is 2.22. The average Bonchev–Trinajstić information content (AvgIpc) is 3.01. The number of rotatable bonds is 6. The Morgan fingerprint density at radius 2 is 1.64 bits per heavy atom. The highest BCUT2D eigenvalue weighted by molar-refractivity contribution is 5.76. The normalized spacial score (nSPS) is 11.1. The van der Waals surface area contributed by atoms with Crippen LogP contribution < -0.4 is 4.74 Å². The minimum absolute atomic E-state index is 0.398. The Morgan fingerprint density at radius 1 is 0.929 bits per heavy atom. The first kappa shape index (κ1) is 18.2. The van der Waals surface area contributed by atoms with Crippen LogP contribution in [0.1, 0.15) is 17.0 Å². The smallest absolute Gasteiger partial charge is 0.161 e. The fourth-order valence-corrected chi connectivity index (χ4v) is 3.22. The van der Waals surface area contributed by atoms with E-state index in [9.17, 15) is 8.78 Å². The van der Waals surface area contributed by atoms with Gasteiger partial charge >= 0.3 is 0 Å². The van der Waals surface area contributed by atoms with Crippen molar-refractivity contribution in [3.05, 3.63) is 95.3 Å². The van der Waals surface area contributed by atoms with Gasteiger partial charge in [0.2, 0.25) is 0 Å². The van der Waals surface area contributed by atoms with Crippen molar-refractivity contribution in [1.29, 1.82) is 0 Å². The van der Waals surface area contributed by atoms with Crippen molar-refractivity contribution in [2.24, 2.45) is 0 Å². The zero-order valence-electron chi connectivity index (χ0n) is 15.5. The van der Waals surface area contributed by atoms with Crippen molar-refractivity contribution in [3.63, 3.8) is 0 Å². The van der Waals surface area contributed by atoms with E-state index in [0.29, 0.717) is 30.6 Å². The minimum atomic E-state index is -0.890. The van der Waals surface area contributed by atoms with Gasteiger partial charge < -0.3 is 9.30 Å². The summed E-state index contributed by atoms with van der Waals surface area (Å²) in [5, 5.41) is 0. The maximum Gasteiger partial charge on any atom is 0.161 e. The van der Waals surface area contributed by atoms with E-state index in [-0.39, 0.29) is 0 Å². The summed E-state index contributed by atoms with van der Waals surface area (Å²) in [7, 11) is 0. The molecule has 0 saturated carbocycles. The average molecular weight is 378 g/mol. The molecule has 4 aromatic rings. The molecule has 3 aromatic carbocycles. The van der Waals surface area contributed by atoms with Crippen LogP contribution in [0.5, 0.6) is 5.75 Å². The lowest BCUT2D eigenvalue weighted by Crippen LogP contribution is -2.11. The van der Waals surface area contributed by atoms with E-state index >= 15 is 0 Å². The third-order valence-corrected chi connectivity index (χ3v) is 4.68. The predicted octanol–water partition coefficient (Wildman–Crippen LogP) is 5.29. The quantitative estimate of drug-likeness (QED) is 0.456. The Morgan fingerprint density at radius 3 is 2.39 bits per heavy atom. The van der Waals surface area contributed by atoms with Crippen molar-refractivity contribution in [1.82, 2.24) is 9.55 Å². The molecule has 0 N–H and O–H groups in total. The number of hydrogen-bond donors (Lipinski definition) is 0. The van der Waals surface area contributed by atoms with Crippen molar-refractivity contribution in [3.8, 4) is 5.75 Å². The Hall–Kier alpha value is -3.21. The summed E-state index contributed by atoms with van der Waals surface area (Å²) in [5.41, 5.74) is 3.26. The summed E-state index contributed by atoms with van der Waals surface area (Å²) in [6, 6.07) is 20.1. The first-order valence-corrected chi connectivity index (χ1v) is 9.18. The molecule has 5 heteroatoms. The van der Waals surface area contributed by atoms with Gasteiger partial charge in [-0.25, -0.2) is 13.8 Å². The summed E-state index contributed by atoms with van der Waals surface area (Å²) in [6.07, 6.45) is 0.573. The summed E-state index contributed by atoms with van der Waals surface area (Å²) in [4.78, 5) is 4.55. The number of aromatic nitrogens is 2. The van der Waals surface area contributed by atoms with E-state index in [1.165, 1.54) is 6.07 Å². The van der Waals surface area contributed by atoms with E-state index in [2.05, 4.69) is 4.98 Å². The molecule has 1 heterocycles. The number of aryl methyl sites for hydroxylation is 1. The van der Waals surface area contributed by atoms with Crippen LogP contribution >= 0.6 is 0 Å². The molecular formula is C23H20F2N2O. The second-order valence-electron chi connectivity index (χ2n) is 6.76. The van der Waals surface area contributed by atoms with Crippen LogP contribution in [0, 0.1) is 18.6 Å². The van der Waals surface area contributed by atoms with E-state index in [0.717, 1.165) is 28.8 Å². The number of ether oxygens (including phenoxy) is 1. The lowest BCUT2D eigenvalue weighted by Gasteiger charge is -2.11. The van der Waals surface area contributed by atoms with E-state index < -0.39 is 11.6 Å². The van der Waals surface area contributed by atoms with Gasteiger partial charge in [0.15, 0.2) is 11.6 Å². The largest absolute Gasteiger partial charge is 0.492 e. The Labute approximate surface area is 162 Å². The molecule has 142 valence electrons. The Kier molecular flexibility index (Phi) is 5.06. The standard InChI is InChI=1S/C23H20F2N2O/c1-16-7-9-18(10-8-16)28-12-11-27-22-15-20(25)19(24)14-21(22)26-23(27)13-17-5-3-2-4-6-17/h2-10,14-15H,11-13H2,1H3. The molecule has 0 radical (unpaired) electrons. The fourth-order valence-electron chi connectivity index (χ4n) is 3.22. The second kappa shape index (κ2) is 7.80. The van der Waals surface area contributed by atoms with Crippen molar-refractivity contribution < 1.29 is 13.5 Å². The van der Waals surface area contributed by atoms with Crippen LogP contribution in [-0.2, 0) is 13.0 Å². The molecule has 4 rings (SSSR count). The third kappa shape index (κ3) is 3.88. The number of imidazole rings is 1. The van der Waals surface area contributed by atoms with E-state index in [4.69, 9.17) is 4.74 Å². The van der Waals surface area contributed by atoms with Gasteiger partial charge in [0.1, 0.15) is 18.2 Å². The molecule has 0 fully saturated rings. The zero-order chi connectivity index (χ0) is 19.5. The zero-order valence-corrected chi connectivity index (χ0v) is 15.5. The van der Waals surface area contributed by atoms with Crippen LogP contribution in [0.2, 0.25) is 0 Å². The van der Waals surface area contributed by atoms with Crippen molar-refractivity contribution in [2.75, 3.05) is 6.61 Å². The van der Waals surface area contributed by atoms with Gasteiger partial charge in [-0.1, -0.05) is 48.0 Å². The first-order valence-electron chi connectivity index (χ1n) is 9.18. The highest BCUT2D eigenvalue weighted by Gasteiger charge is 2.15. The number of fused-ring (bicyclic) bond motifs is 1. The number of hydrogen-bond acceptors (Lipinski definition) is 2. The molecule has 0 unspecified atom stereocenters. The van der Waals surface area contributed by atoms with Gasteiger partial charge in [-0.15, -0.1) is 0 Å². The van der Waals surface area contributed by atoms with Crippen LogP contribution in [0.25, 0.3) is 11.0 Å². The van der Waals surface area contributed by atoms with Crippen molar-refractivity contribution in [2.45, 2.75) is 19.9 Å². The molecular weight excluding hydrogens is 358 g/mol. The molecule has 0 amide bonds. The Balaban J connectivity index is 1.62. The summed E-state index contributed by atoms with van der Waals surface area (Å²) in [5.74, 6) is -0.241. The molecule has 0 spiro atoms. The number of nitrogens with zero attached hydrogens (tertiary/aromatic N) is 2.